The molecule has 1 aromatic carbocycles. The molecule has 2 aromatic rings. The first kappa shape index (κ1) is 23.0. The van der Waals surface area contributed by atoms with Gasteiger partial charge in [0.25, 0.3) is 0 Å². The highest BCUT2D eigenvalue weighted by molar-refractivity contribution is 5.85. The molecule has 1 saturated carbocycles. The molecule has 1 aromatic heterocycles. The molecular weight excluding hydrogens is 395 g/mol. The Bertz CT molecular complexity index is 807. The predicted molar refractivity (Wildman–Crippen MR) is 118 cm³/mol. The number of hydrogen-bond acceptors (Lipinski definition) is 3. The van der Waals surface area contributed by atoms with Crippen molar-refractivity contribution in [1.29, 1.82) is 0 Å². The van der Waals surface area contributed by atoms with Crippen molar-refractivity contribution in [2.24, 2.45) is 11.7 Å². The summed E-state index contributed by atoms with van der Waals surface area (Å²) in [5.41, 5.74) is 8.28. The first-order valence-electron chi connectivity index (χ1n) is 10.1. The van der Waals surface area contributed by atoms with E-state index in [-0.39, 0.29) is 36.8 Å². The number of rotatable bonds is 3. The average molecular weight is 427 g/mol. The number of aromatic nitrogens is 2. The van der Waals surface area contributed by atoms with Crippen molar-refractivity contribution in [3.63, 3.8) is 0 Å². The Kier molecular flexibility index (Phi) is 7.77. The zero-order valence-electron chi connectivity index (χ0n) is 16.7. The van der Waals surface area contributed by atoms with Gasteiger partial charge in [-0.25, -0.2) is 4.98 Å². The Morgan fingerprint density at radius 1 is 1.18 bits per heavy atom. The fourth-order valence-corrected chi connectivity index (χ4v) is 4.78. The third kappa shape index (κ3) is 4.32. The molecule has 0 radical (unpaired) electrons. The summed E-state index contributed by atoms with van der Waals surface area (Å²) >= 11 is 0. The van der Waals surface area contributed by atoms with E-state index in [0.717, 1.165) is 56.5 Å². The van der Waals surface area contributed by atoms with Crippen LogP contribution in [0.25, 0.3) is 11.0 Å². The van der Waals surface area contributed by atoms with Gasteiger partial charge in [0.2, 0.25) is 5.91 Å². The first-order valence-corrected chi connectivity index (χ1v) is 10.1. The highest BCUT2D eigenvalue weighted by Crippen LogP contribution is 2.33. The molecule has 1 aliphatic heterocycles. The second-order valence-corrected chi connectivity index (χ2v) is 8.32. The summed E-state index contributed by atoms with van der Waals surface area (Å²) in [6.07, 6.45) is 4.94. The van der Waals surface area contributed by atoms with Crippen LogP contribution in [-0.2, 0) is 4.79 Å². The van der Waals surface area contributed by atoms with Gasteiger partial charge in [0.1, 0.15) is 5.82 Å². The monoisotopic (exact) mass is 426 g/mol. The standard InChI is InChI=1S/C21H30N4O.2ClH/c1-14(2)25-19-8-4-3-7-18(19)23-20(25)16-6-5-11-24(13-16)21(26)15-9-10-17(22)12-15;;/h3-4,7-8,14-17H,5-6,9-13,22H2,1-2H3;2*1H. The number of carbonyl (C=O) groups is 1. The van der Waals surface area contributed by atoms with Crippen molar-refractivity contribution >= 4 is 41.8 Å². The van der Waals surface area contributed by atoms with Crippen LogP contribution in [-0.4, -0.2) is 39.5 Å². The number of para-hydroxylation sites is 2. The molecular formula is C21H32Cl2N4O. The summed E-state index contributed by atoms with van der Waals surface area (Å²) in [7, 11) is 0. The van der Waals surface area contributed by atoms with Crippen molar-refractivity contribution < 1.29 is 4.79 Å². The molecule has 0 bridgehead atoms. The molecule has 156 valence electrons. The van der Waals surface area contributed by atoms with Crippen molar-refractivity contribution in [2.45, 2.75) is 64.0 Å². The van der Waals surface area contributed by atoms with Crippen molar-refractivity contribution in [2.75, 3.05) is 13.1 Å². The number of benzene rings is 1. The Hall–Kier alpha value is -1.30. The van der Waals surface area contributed by atoms with Crippen LogP contribution in [0.3, 0.4) is 0 Å². The normalized spacial score (nSPS) is 24.9. The van der Waals surface area contributed by atoms with E-state index in [9.17, 15) is 4.79 Å². The molecule has 7 heteroatoms. The lowest BCUT2D eigenvalue weighted by molar-refractivity contribution is -0.136. The largest absolute Gasteiger partial charge is 0.342 e. The number of imidazole rings is 1. The first-order chi connectivity index (χ1) is 12.5. The van der Waals surface area contributed by atoms with Crippen molar-refractivity contribution in [3.05, 3.63) is 30.1 Å². The zero-order chi connectivity index (χ0) is 18.3. The lowest BCUT2D eigenvalue weighted by Gasteiger charge is -2.34. The molecule has 2 aliphatic rings. The molecule has 5 nitrogen and oxygen atoms in total. The maximum absolute atomic E-state index is 13.0. The van der Waals surface area contributed by atoms with Gasteiger partial charge >= 0.3 is 0 Å². The van der Waals surface area contributed by atoms with E-state index in [1.807, 2.05) is 6.07 Å². The van der Waals surface area contributed by atoms with Gasteiger partial charge < -0.3 is 15.2 Å². The predicted octanol–water partition coefficient (Wildman–Crippen LogP) is 4.29. The second-order valence-electron chi connectivity index (χ2n) is 8.32. The molecule has 3 unspecified atom stereocenters. The number of nitrogens with zero attached hydrogens (tertiary/aromatic N) is 3. The summed E-state index contributed by atoms with van der Waals surface area (Å²) in [6, 6.07) is 8.92. The van der Waals surface area contributed by atoms with Gasteiger partial charge in [-0.1, -0.05) is 12.1 Å². The minimum Gasteiger partial charge on any atom is -0.342 e. The Morgan fingerprint density at radius 2 is 1.93 bits per heavy atom. The van der Waals surface area contributed by atoms with E-state index in [0.29, 0.717) is 17.9 Å². The van der Waals surface area contributed by atoms with Gasteiger partial charge in [-0.3, -0.25) is 4.79 Å². The minimum atomic E-state index is 0. The van der Waals surface area contributed by atoms with Crippen LogP contribution < -0.4 is 5.73 Å². The summed E-state index contributed by atoms with van der Waals surface area (Å²) < 4.78 is 2.36. The third-order valence-electron chi connectivity index (χ3n) is 6.06. The van der Waals surface area contributed by atoms with Gasteiger partial charge in [-0.15, -0.1) is 24.8 Å². The van der Waals surface area contributed by atoms with Crippen LogP contribution in [0.4, 0.5) is 0 Å². The molecule has 28 heavy (non-hydrogen) atoms. The number of fused-ring (bicyclic) bond motifs is 1. The van der Waals surface area contributed by atoms with Gasteiger partial charge in [0.15, 0.2) is 0 Å². The fourth-order valence-electron chi connectivity index (χ4n) is 4.78. The molecule has 2 N–H and O–H groups in total. The Balaban J connectivity index is 0.00000140. The molecule has 1 aliphatic carbocycles. The highest BCUT2D eigenvalue weighted by Gasteiger charge is 2.35. The van der Waals surface area contributed by atoms with E-state index in [1.165, 1.54) is 5.52 Å². The number of carbonyl (C=O) groups excluding carboxylic acids is 1. The molecule has 1 saturated heterocycles. The average Bonchev–Trinajstić information content (AvgIpc) is 3.24. The Labute approximate surface area is 179 Å². The molecule has 0 spiro atoms. The van der Waals surface area contributed by atoms with Crippen molar-refractivity contribution in [1.82, 2.24) is 14.5 Å². The molecule has 2 fully saturated rings. The number of halogens is 2. The van der Waals surface area contributed by atoms with Gasteiger partial charge in [-0.05, 0) is 58.1 Å². The number of piperidine rings is 1. The fraction of sp³-hybridized carbons (Fsp3) is 0.619. The molecule has 4 rings (SSSR count). The minimum absolute atomic E-state index is 0. The van der Waals surface area contributed by atoms with E-state index in [2.05, 4.69) is 41.5 Å². The SMILES string of the molecule is CC(C)n1c(C2CCCN(C(=O)C3CCC(N)C3)C2)nc2ccccc21.Cl.Cl. The van der Waals surface area contributed by atoms with Crippen molar-refractivity contribution in [3.8, 4) is 0 Å². The number of hydrogen-bond donors (Lipinski definition) is 1. The summed E-state index contributed by atoms with van der Waals surface area (Å²) in [4.78, 5) is 20.0. The highest BCUT2D eigenvalue weighted by atomic mass is 35.5. The molecule has 1 amide bonds. The van der Waals surface area contributed by atoms with Crippen LogP contribution in [0.5, 0.6) is 0 Å². The topological polar surface area (TPSA) is 64.2 Å². The van der Waals surface area contributed by atoms with Gasteiger partial charge in [0.05, 0.1) is 11.0 Å². The maximum atomic E-state index is 13.0. The molecule has 3 atom stereocenters. The smallest absolute Gasteiger partial charge is 0.225 e. The molecule has 2 heterocycles. The second kappa shape index (κ2) is 9.47. The van der Waals surface area contributed by atoms with E-state index in [1.54, 1.807) is 0 Å². The van der Waals surface area contributed by atoms with E-state index >= 15 is 0 Å². The third-order valence-corrected chi connectivity index (χ3v) is 6.06. The van der Waals surface area contributed by atoms with Gasteiger partial charge in [-0.2, -0.15) is 0 Å². The quantitative estimate of drug-likeness (QED) is 0.795. The van der Waals surface area contributed by atoms with Crippen LogP contribution in [0.15, 0.2) is 24.3 Å². The Morgan fingerprint density at radius 3 is 2.61 bits per heavy atom. The van der Waals surface area contributed by atoms with Crippen LogP contribution in [0, 0.1) is 5.92 Å². The maximum Gasteiger partial charge on any atom is 0.225 e. The summed E-state index contributed by atoms with van der Waals surface area (Å²) in [6.45, 7) is 6.09. The zero-order valence-corrected chi connectivity index (χ0v) is 18.3. The van der Waals surface area contributed by atoms with E-state index in [4.69, 9.17) is 10.7 Å². The van der Waals surface area contributed by atoms with Gasteiger partial charge in [0, 0.05) is 37.0 Å². The number of likely N-dealkylation sites (tertiary alicyclic amines) is 1. The van der Waals surface area contributed by atoms with Crippen LogP contribution in [0.2, 0.25) is 0 Å². The lowest BCUT2D eigenvalue weighted by Crippen LogP contribution is -2.42. The van der Waals surface area contributed by atoms with Crippen LogP contribution in [0.1, 0.15) is 63.7 Å². The lowest BCUT2D eigenvalue weighted by atomic mass is 9.95. The van der Waals surface area contributed by atoms with Crippen LogP contribution >= 0.6 is 24.8 Å². The van der Waals surface area contributed by atoms with E-state index < -0.39 is 0 Å². The number of nitrogens with two attached hydrogens (primary N) is 1. The number of amides is 1. The summed E-state index contributed by atoms with van der Waals surface area (Å²) in [5, 5.41) is 0. The summed E-state index contributed by atoms with van der Waals surface area (Å²) in [5.74, 6) is 1.90.